The van der Waals surface area contributed by atoms with Crippen molar-refractivity contribution in [2.45, 2.75) is 17.7 Å². The van der Waals surface area contributed by atoms with Crippen LogP contribution in [0.1, 0.15) is 23.2 Å². The first-order valence-electron chi connectivity index (χ1n) is 5.27. The summed E-state index contributed by atoms with van der Waals surface area (Å²) in [4.78, 5) is 11.1. The average Bonchev–Trinajstić information content (AvgIpc) is 2.35. The van der Waals surface area contributed by atoms with Crippen molar-refractivity contribution in [1.82, 2.24) is 5.32 Å². The second kappa shape index (κ2) is 7.28. The Hall–Kier alpha value is -1.03. The Morgan fingerprint density at radius 2 is 2.12 bits per heavy atom. The third-order valence-corrected chi connectivity index (χ3v) is 3.19. The van der Waals surface area contributed by atoms with Crippen LogP contribution in [-0.2, 0) is 4.74 Å². The summed E-state index contributed by atoms with van der Waals surface area (Å²) in [5.74, 6) is 0. The molecule has 1 atom stereocenters. The van der Waals surface area contributed by atoms with Gasteiger partial charge in [0, 0.05) is 11.9 Å². The van der Waals surface area contributed by atoms with Gasteiger partial charge < -0.3 is 10.1 Å². The molecule has 4 heteroatoms. The quantitative estimate of drug-likeness (QED) is 0.666. The maximum absolute atomic E-state index is 10.8. The molecule has 16 heavy (non-hydrogen) atoms. The second-order valence-corrected chi connectivity index (χ2v) is 4.51. The molecule has 3 nitrogen and oxygen atoms in total. The van der Waals surface area contributed by atoms with Crippen LogP contribution in [0.4, 0.5) is 4.79 Å². The summed E-state index contributed by atoms with van der Waals surface area (Å²) in [5.41, 5.74) is 1.25. The minimum Gasteiger partial charge on any atom is -0.450 e. The van der Waals surface area contributed by atoms with Crippen molar-refractivity contribution in [2.75, 3.05) is 13.7 Å². The Balaban J connectivity index is 2.21. The third-order valence-electron chi connectivity index (χ3n) is 2.20. The fourth-order valence-corrected chi connectivity index (χ4v) is 1.96. The van der Waals surface area contributed by atoms with Gasteiger partial charge in [-0.05, 0) is 18.4 Å². The molecule has 88 valence electrons. The van der Waals surface area contributed by atoms with Crippen molar-refractivity contribution in [1.29, 1.82) is 0 Å². The molecule has 1 aromatic carbocycles. The van der Waals surface area contributed by atoms with E-state index in [9.17, 15) is 4.79 Å². The van der Waals surface area contributed by atoms with Crippen LogP contribution in [0, 0.1) is 0 Å². The van der Waals surface area contributed by atoms with Gasteiger partial charge in [-0.1, -0.05) is 46.3 Å². The molecule has 1 amide bonds. The normalized spacial score (nSPS) is 11.9. The first kappa shape index (κ1) is 13.0. The molecule has 0 saturated heterocycles. The zero-order valence-electron chi connectivity index (χ0n) is 9.28. The standard InChI is InChI=1S/C12H16BrNO2/c1-14-12(15)16-9-5-8-11(13)10-6-3-2-4-7-10/h2-4,6-7,11H,5,8-9H2,1H3,(H,14,15). The Labute approximate surface area is 104 Å². The van der Waals surface area contributed by atoms with Crippen molar-refractivity contribution in [3.63, 3.8) is 0 Å². The molecule has 1 rings (SSSR count). The highest BCUT2D eigenvalue weighted by molar-refractivity contribution is 9.09. The summed E-state index contributed by atoms with van der Waals surface area (Å²) in [5, 5.41) is 2.41. The number of ether oxygens (including phenoxy) is 1. The number of carbonyl (C=O) groups is 1. The molecule has 0 aromatic heterocycles. The summed E-state index contributed by atoms with van der Waals surface area (Å²) in [6.07, 6.45) is 1.42. The molecule has 0 aliphatic carbocycles. The van der Waals surface area contributed by atoms with Crippen LogP contribution in [0.5, 0.6) is 0 Å². The van der Waals surface area contributed by atoms with E-state index in [1.54, 1.807) is 7.05 Å². The van der Waals surface area contributed by atoms with Crippen LogP contribution in [0.2, 0.25) is 0 Å². The van der Waals surface area contributed by atoms with Gasteiger partial charge in [0.2, 0.25) is 0 Å². The summed E-state index contributed by atoms with van der Waals surface area (Å²) < 4.78 is 4.91. The Bertz CT molecular complexity index is 316. The van der Waals surface area contributed by atoms with E-state index in [1.807, 2.05) is 18.2 Å². The van der Waals surface area contributed by atoms with Gasteiger partial charge in [0.1, 0.15) is 0 Å². The largest absolute Gasteiger partial charge is 0.450 e. The number of hydrogen-bond acceptors (Lipinski definition) is 2. The Morgan fingerprint density at radius 1 is 1.44 bits per heavy atom. The summed E-state index contributed by atoms with van der Waals surface area (Å²) in [6, 6.07) is 10.2. The fraction of sp³-hybridized carbons (Fsp3) is 0.417. The molecule has 0 heterocycles. The lowest BCUT2D eigenvalue weighted by molar-refractivity contribution is 0.146. The van der Waals surface area contributed by atoms with Crippen LogP contribution >= 0.6 is 15.9 Å². The van der Waals surface area contributed by atoms with Crippen LogP contribution in [-0.4, -0.2) is 19.7 Å². The maximum atomic E-state index is 10.8. The second-order valence-electron chi connectivity index (χ2n) is 3.41. The van der Waals surface area contributed by atoms with Crippen LogP contribution < -0.4 is 5.32 Å². The molecule has 0 saturated carbocycles. The molecule has 1 unspecified atom stereocenters. The number of alkyl carbamates (subject to hydrolysis) is 1. The number of amides is 1. The van der Waals surface area contributed by atoms with E-state index >= 15 is 0 Å². The molecule has 0 bridgehead atoms. The van der Waals surface area contributed by atoms with Gasteiger partial charge in [-0.3, -0.25) is 0 Å². The number of rotatable bonds is 5. The van der Waals surface area contributed by atoms with Crippen molar-refractivity contribution in [3.05, 3.63) is 35.9 Å². The van der Waals surface area contributed by atoms with E-state index in [0.717, 1.165) is 12.8 Å². The summed E-state index contributed by atoms with van der Waals surface area (Å²) >= 11 is 3.61. The Kier molecular flexibility index (Phi) is 5.93. The van der Waals surface area contributed by atoms with Crippen LogP contribution in [0.15, 0.2) is 30.3 Å². The van der Waals surface area contributed by atoms with E-state index in [1.165, 1.54) is 5.56 Å². The topological polar surface area (TPSA) is 38.3 Å². The predicted octanol–water partition coefficient (Wildman–Crippen LogP) is 3.26. The van der Waals surface area contributed by atoms with Crippen molar-refractivity contribution in [3.8, 4) is 0 Å². The van der Waals surface area contributed by atoms with Gasteiger partial charge in [-0.15, -0.1) is 0 Å². The van der Waals surface area contributed by atoms with Gasteiger partial charge >= 0.3 is 6.09 Å². The first-order valence-corrected chi connectivity index (χ1v) is 6.19. The molecule has 0 aliphatic rings. The molecular weight excluding hydrogens is 270 g/mol. The number of benzene rings is 1. The third kappa shape index (κ3) is 4.66. The maximum Gasteiger partial charge on any atom is 0.406 e. The van der Waals surface area contributed by atoms with Gasteiger partial charge in [-0.25, -0.2) is 4.79 Å². The van der Waals surface area contributed by atoms with E-state index in [4.69, 9.17) is 4.74 Å². The number of carbonyl (C=O) groups excluding carboxylic acids is 1. The zero-order chi connectivity index (χ0) is 11.8. The summed E-state index contributed by atoms with van der Waals surface area (Å²) in [6.45, 7) is 0.453. The molecule has 1 N–H and O–H groups in total. The highest BCUT2D eigenvalue weighted by Crippen LogP contribution is 2.27. The number of hydrogen-bond donors (Lipinski definition) is 1. The highest BCUT2D eigenvalue weighted by atomic mass is 79.9. The molecular formula is C12H16BrNO2. The average molecular weight is 286 g/mol. The lowest BCUT2D eigenvalue weighted by Gasteiger charge is -2.10. The van der Waals surface area contributed by atoms with E-state index in [2.05, 4.69) is 33.4 Å². The number of halogens is 1. The number of alkyl halides is 1. The SMILES string of the molecule is CNC(=O)OCCCC(Br)c1ccccc1. The minimum absolute atomic E-state index is 0.321. The molecule has 0 radical (unpaired) electrons. The van der Waals surface area contributed by atoms with E-state index in [-0.39, 0.29) is 6.09 Å². The van der Waals surface area contributed by atoms with Crippen molar-refractivity contribution < 1.29 is 9.53 Å². The van der Waals surface area contributed by atoms with Gasteiger partial charge in [0.15, 0.2) is 0 Å². The Morgan fingerprint density at radius 3 is 2.75 bits per heavy atom. The highest BCUT2D eigenvalue weighted by Gasteiger charge is 2.06. The van der Waals surface area contributed by atoms with Crippen LogP contribution in [0.3, 0.4) is 0 Å². The van der Waals surface area contributed by atoms with E-state index in [0.29, 0.717) is 11.4 Å². The minimum atomic E-state index is -0.370. The van der Waals surface area contributed by atoms with Crippen LogP contribution in [0.25, 0.3) is 0 Å². The molecule has 0 fully saturated rings. The fourth-order valence-electron chi connectivity index (χ4n) is 1.33. The zero-order valence-corrected chi connectivity index (χ0v) is 10.9. The summed E-state index contributed by atoms with van der Waals surface area (Å²) in [7, 11) is 1.56. The molecule has 1 aromatic rings. The predicted molar refractivity (Wildman–Crippen MR) is 67.8 cm³/mol. The lowest BCUT2D eigenvalue weighted by atomic mass is 10.1. The molecule has 0 spiro atoms. The first-order chi connectivity index (χ1) is 7.74. The number of nitrogens with one attached hydrogen (secondary N) is 1. The smallest absolute Gasteiger partial charge is 0.406 e. The van der Waals surface area contributed by atoms with E-state index < -0.39 is 0 Å². The van der Waals surface area contributed by atoms with Gasteiger partial charge in [-0.2, -0.15) is 0 Å². The monoisotopic (exact) mass is 285 g/mol. The molecule has 0 aliphatic heterocycles. The van der Waals surface area contributed by atoms with Crippen molar-refractivity contribution in [2.24, 2.45) is 0 Å². The van der Waals surface area contributed by atoms with Gasteiger partial charge in [0.05, 0.1) is 6.61 Å². The van der Waals surface area contributed by atoms with Gasteiger partial charge in [0.25, 0.3) is 0 Å². The van der Waals surface area contributed by atoms with Crippen molar-refractivity contribution >= 4 is 22.0 Å². The lowest BCUT2D eigenvalue weighted by Crippen LogP contribution is -2.19.